The molecule has 1 N–H and O–H groups in total. The zero-order chi connectivity index (χ0) is 17.7. The fourth-order valence-corrected chi connectivity index (χ4v) is 3.49. The number of benzene rings is 1. The number of hydrogen-bond donors (Lipinski definition) is 1. The summed E-state index contributed by atoms with van der Waals surface area (Å²) in [6, 6.07) is 7.31. The van der Waals surface area contributed by atoms with Crippen molar-refractivity contribution in [2.24, 2.45) is 0 Å². The van der Waals surface area contributed by atoms with Gasteiger partial charge in [0.05, 0.1) is 24.9 Å². The maximum Gasteiger partial charge on any atom is 0.337 e. The predicted octanol–water partition coefficient (Wildman–Crippen LogP) is 3.39. The Bertz CT molecular complexity index is 584. The van der Waals surface area contributed by atoms with Crippen LogP contribution in [-0.4, -0.2) is 30.6 Å². The molecule has 132 valence electrons. The van der Waals surface area contributed by atoms with Gasteiger partial charge in [0.15, 0.2) is 0 Å². The van der Waals surface area contributed by atoms with Crippen LogP contribution in [0.2, 0.25) is 0 Å². The Morgan fingerprint density at radius 3 is 2.50 bits per heavy atom. The molecule has 1 aliphatic rings. The number of nitrogens with one attached hydrogen (secondary N) is 1. The van der Waals surface area contributed by atoms with Crippen molar-refractivity contribution in [3.63, 3.8) is 0 Å². The van der Waals surface area contributed by atoms with Crippen LogP contribution in [0.1, 0.15) is 68.5 Å². The molecule has 0 spiro atoms. The summed E-state index contributed by atoms with van der Waals surface area (Å²) < 4.78 is 11.0. The SMILES string of the molecule is CCC[C@H]1C[C@](C)(NC(C)=O)C[C@@H](c2ccc(C(=O)OC)cc2)O1. The molecule has 0 bridgehead atoms. The lowest BCUT2D eigenvalue weighted by molar-refractivity contribution is -0.126. The molecule has 1 heterocycles. The van der Waals surface area contributed by atoms with Gasteiger partial charge in [-0.15, -0.1) is 0 Å². The van der Waals surface area contributed by atoms with Crippen molar-refractivity contribution in [1.29, 1.82) is 0 Å². The van der Waals surface area contributed by atoms with Gasteiger partial charge in [-0.1, -0.05) is 25.5 Å². The van der Waals surface area contributed by atoms with E-state index < -0.39 is 0 Å². The Morgan fingerprint density at radius 1 is 1.29 bits per heavy atom. The van der Waals surface area contributed by atoms with Gasteiger partial charge in [0.25, 0.3) is 0 Å². The van der Waals surface area contributed by atoms with Crippen molar-refractivity contribution < 1.29 is 19.1 Å². The van der Waals surface area contributed by atoms with E-state index >= 15 is 0 Å². The summed E-state index contributed by atoms with van der Waals surface area (Å²) in [7, 11) is 1.37. The van der Waals surface area contributed by atoms with E-state index in [1.807, 2.05) is 12.1 Å². The fourth-order valence-electron chi connectivity index (χ4n) is 3.49. The largest absolute Gasteiger partial charge is 0.465 e. The van der Waals surface area contributed by atoms with Gasteiger partial charge in [0.1, 0.15) is 0 Å². The fraction of sp³-hybridized carbons (Fsp3) is 0.579. The molecule has 5 nitrogen and oxygen atoms in total. The van der Waals surface area contributed by atoms with E-state index in [0.717, 1.165) is 24.8 Å². The van der Waals surface area contributed by atoms with Crippen LogP contribution < -0.4 is 5.32 Å². The van der Waals surface area contributed by atoms with E-state index in [4.69, 9.17) is 9.47 Å². The van der Waals surface area contributed by atoms with E-state index in [1.165, 1.54) is 7.11 Å². The van der Waals surface area contributed by atoms with E-state index in [-0.39, 0.29) is 29.6 Å². The van der Waals surface area contributed by atoms with E-state index in [1.54, 1.807) is 19.1 Å². The van der Waals surface area contributed by atoms with Gasteiger partial charge in [0, 0.05) is 18.9 Å². The molecular weight excluding hydrogens is 306 g/mol. The number of ether oxygens (including phenoxy) is 2. The second-order valence-corrected chi connectivity index (χ2v) is 6.80. The third-order valence-corrected chi connectivity index (χ3v) is 4.46. The number of carbonyl (C=O) groups is 2. The molecule has 1 amide bonds. The Labute approximate surface area is 143 Å². The maximum absolute atomic E-state index is 11.6. The van der Waals surface area contributed by atoms with Crippen LogP contribution in [0.15, 0.2) is 24.3 Å². The van der Waals surface area contributed by atoms with E-state index in [9.17, 15) is 9.59 Å². The van der Waals surface area contributed by atoms with Gasteiger partial charge < -0.3 is 14.8 Å². The number of methoxy groups -OCH3 is 1. The first kappa shape index (κ1) is 18.5. The maximum atomic E-state index is 11.6. The summed E-state index contributed by atoms with van der Waals surface area (Å²) in [5, 5.41) is 3.09. The summed E-state index contributed by atoms with van der Waals surface area (Å²) in [4.78, 5) is 23.1. The normalized spacial score (nSPS) is 26.7. The molecule has 24 heavy (non-hydrogen) atoms. The lowest BCUT2D eigenvalue weighted by Gasteiger charge is -2.43. The van der Waals surface area contributed by atoms with Crippen LogP contribution in [0.3, 0.4) is 0 Å². The summed E-state index contributed by atoms with van der Waals surface area (Å²) >= 11 is 0. The highest BCUT2D eigenvalue weighted by Gasteiger charge is 2.38. The van der Waals surface area contributed by atoms with E-state index in [0.29, 0.717) is 12.0 Å². The zero-order valence-corrected chi connectivity index (χ0v) is 14.9. The monoisotopic (exact) mass is 333 g/mol. The van der Waals surface area contributed by atoms with Crippen LogP contribution in [0, 0.1) is 0 Å². The third-order valence-electron chi connectivity index (χ3n) is 4.46. The first-order valence-corrected chi connectivity index (χ1v) is 8.49. The zero-order valence-electron chi connectivity index (χ0n) is 14.9. The molecule has 0 aliphatic carbocycles. The third kappa shape index (κ3) is 4.57. The number of hydrogen-bond acceptors (Lipinski definition) is 4. The highest BCUT2D eigenvalue weighted by atomic mass is 16.5. The van der Waals surface area contributed by atoms with Gasteiger partial charge in [-0.05, 0) is 37.5 Å². The number of amides is 1. The molecule has 2 rings (SSSR count). The lowest BCUT2D eigenvalue weighted by atomic mass is 9.82. The standard InChI is InChI=1S/C19H27NO4/c1-5-6-16-11-19(3,20-13(2)21)12-17(24-16)14-7-9-15(10-8-14)18(22)23-4/h7-10,16-17H,5-6,11-12H2,1-4H3,(H,20,21)/t16-,17-,19-/m0/s1. The van der Waals surface area contributed by atoms with Gasteiger partial charge >= 0.3 is 5.97 Å². The van der Waals surface area contributed by atoms with Crippen LogP contribution in [0.5, 0.6) is 0 Å². The molecule has 0 radical (unpaired) electrons. The molecule has 1 fully saturated rings. The predicted molar refractivity (Wildman–Crippen MR) is 91.8 cm³/mol. The van der Waals surface area contributed by atoms with Crippen LogP contribution in [0.25, 0.3) is 0 Å². The van der Waals surface area contributed by atoms with Crippen LogP contribution in [-0.2, 0) is 14.3 Å². The minimum absolute atomic E-state index is 0.0190. The second-order valence-electron chi connectivity index (χ2n) is 6.80. The summed E-state index contributed by atoms with van der Waals surface area (Å²) in [6.45, 7) is 5.76. The molecule has 0 unspecified atom stereocenters. The topological polar surface area (TPSA) is 64.6 Å². The van der Waals surface area contributed by atoms with Crippen molar-refractivity contribution in [1.82, 2.24) is 5.32 Å². The second kappa shape index (κ2) is 7.79. The van der Waals surface area contributed by atoms with Crippen LogP contribution >= 0.6 is 0 Å². The van der Waals surface area contributed by atoms with Crippen molar-refractivity contribution in [3.8, 4) is 0 Å². The van der Waals surface area contributed by atoms with Gasteiger partial charge in [-0.2, -0.15) is 0 Å². The quantitative estimate of drug-likeness (QED) is 0.839. The molecule has 5 heteroatoms. The van der Waals surface area contributed by atoms with Crippen molar-refractivity contribution in [2.45, 2.75) is 64.2 Å². The number of esters is 1. The van der Waals surface area contributed by atoms with Crippen molar-refractivity contribution in [3.05, 3.63) is 35.4 Å². The molecule has 1 aliphatic heterocycles. The first-order chi connectivity index (χ1) is 11.4. The first-order valence-electron chi connectivity index (χ1n) is 8.49. The highest BCUT2D eigenvalue weighted by molar-refractivity contribution is 5.89. The van der Waals surface area contributed by atoms with Gasteiger partial charge in [-0.3, -0.25) is 4.79 Å². The molecule has 0 saturated carbocycles. The minimum Gasteiger partial charge on any atom is -0.465 e. The Balaban J connectivity index is 2.20. The molecule has 3 atom stereocenters. The molecule has 1 saturated heterocycles. The average molecular weight is 333 g/mol. The van der Waals surface area contributed by atoms with E-state index in [2.05, 4.69) is 19.2 Å². The summed E-state index contributed by atoms with van der Waals surface area (Å²) in [6.07, 6.45) is 3.55. The van der Waals surface area contributed by atoms with Crippen molar-refractivity contribution >= 4 is 11.9 Å². The van der Waals surface area contributed by atoms with Gasteiger partial charge in [0.2, 0.25) is 5.91 Å². The average Bonchev–Trinajstić information content (AvgIpc) is 2.53. The Morgan fingerprint density at radius 2 is 1.96 bits per heavy atom. The molecule has 1 aromatic rings. The number of rotatable bonds is 5. The molecular formula is C19H27NO4. The number of carbonyl (C=O) groups excluding carboxylic acids is 2. The van der Waals surface area contributed by atoms with Crippen molar-refractivity contribution in [2.75, 3.05) is 7.11 Å². The van der Waals surface area contributed by atoms with Crippen LogP contribution in [0.4, 0.5) is 0 Å². The minimum atomic E-state index is -0.349. The molecule has 1 aromatic carbocycles. The Kier molecular flexibility index (Phi) is 5.99. The highest BCUT2D eigenvalue weighted by Crippen LogP contribution is 2.38. The van der Waals surface area contributed by atoms with Gasteiger partial charge in [-0.25, -0.2) is 4.79 Å². The Hall–Kier alpha value is -1.88. The smallest absolute Gasteiger partial charge is 0.337 e. The summed E-state index contributed by atoms with van der Waals surface area (Å²) in [5.41, 5.74) is 1.25. The lowest BCUT2D eigenvalue weighted by Crippen LogP contribution is -2.52. The molecule has 0 aromatic heterocycles. The summed E-state index contributed by atoms with van der Waals surface area (Å²) in [5.74, 6) is -0.368.